The number of nitrogens with two attached hydrogens (primary N) is 1. The van der Waals surface area contributed by atoms with Crippen molar-refractivity contribution in [3.05, 3.63) is 63.5 Å². The molecule has 0 bridgehead atoms. The molecule has 0 atom stereocenters. The van der Waals surface area contributed by atoms with Gasteiger partial charge in [-0.2, -0.15) is 5.10 Å². The molecule has 1 aromatic carbocycles. The minimum atomic E-state index is -0.296. The van der Waals surface area contributed by atoms with Gasteiger partial charge in [-0.15, -0.1) is 0 Å². The van der Waals surface area contributed by atoms with Gasteiger partial charge in [0.1, 0.15) is 17.4 Å². The Kier molecular flexibility index (Phi) is 4.94. The molecule has 2 aromatic heterocycles. The van der Waals surface area contributed by atoms with Crippen molar-refractivity contribution in [1.82, 2.24) is 9.97 Å². The van der Waals surface area contributed by atoms with Gasteiger partial charge in [0.15, 0.2) is 0 Å². The zero-order chi connectivity index (χ0) is 20.4. The molecule has 8 nitrogen and oxygen atoms in total. The predicted octanol–water partition coefficient (Wildman–Crippen LogP) is 1.97. The highest BCUT2D eigenvalue weighted by Crippen LogP contribution is 2.31. The first kappa shape index (κ1) is 18.6. The number of ether oxygens (including phenoxy) is 1. The van der Waals surface area contributed by atoms with Crippen LogP contribution < -0.4 is 21.5 Å². The van der Waals surface area contributed by atoms with Crippen LogP contribution >= 0.6 is 0 Å². The Morgan fingerprint density at radius 2 is 2.31 bits per heavy atom. The summed E-state index contributed by atoms with van der Waals surface area (Å²) in [4.78, 5) is 23.2. The lowest BCUT2D eigenvalue weighted by Crippen LogP contribution is -2.12. The van der Waals surface area contributed by atoms with Gasteiger partial charge < -0.3 is 20.9 Å². The van der Waals surface area contributed by atoms with Crippen LogP contribution in [0.4, 0.5) is 10.2 Å². The van der Waals surface area contributed by atoms with Crippen LogP contribution in [-0.2, 0) is 13.0 Å². The molecule has 1 aliphatic heterocycles. The van der Waals surface area contributed by atoms with Crippen molar-refractivity contribution in [3.63, 3.8) is 0 Å². The number of aliphatic imine (C=N–C) groups is 1. The fraction of sp³-hybridized carbons (Fsp3) is 0.200. The lowest BCUT2D eigenvalue weighted by molar-refractivity contribution is 0.356. The van der Waals surface area contributed by atoms with E-state index in [1.807, 2.05) is 0 Å². The molecule has 0 saturated heterocycles. The van der Waals surface area contributed by atoms with Crippen molar-refractivity contribution in [2.75, 3.05) is 19.0 Å². The summed E-state index contributed by atoms with van der Waals surface area (Å²) in [5, 5.41) is 8.00. The van der Waals surface area contributed by atoms with Gasteiger partial charge in [0.05, 0.1) is 18.5 Å². The first-order chi connectivity index (χ1) is 14.1. The quantitative estimate of drug-likeness (QED) is 0.347. The molecule has 29 heavy (non-hydrogen) atoms. The summed E-state index contributed by atoms with van der Waals surface area (Å²) in [7, 11) is 1.60. The number of hydrogen-bond acceptors (Lipinski definition) is 7. The number of nitrogens with one attached hydrogen (secondary N) is 2. The highest BCUT2D eigenvalue weighted by molar-refractivity contribution is 6.40. The van der Waals surface area contributed by atoms with Crippen molar-refractivity contribution in [3.8, 4) is 5.75 Å². The zero-order valence-electron chi connectivity index (χ0n) is 15.7. The molecular weight excluding hydrogens is 375 g/mol. The maximum Gasteiger partial charge on any atom is 0.248 e. The largest absolute Gasteiger partial charge is 0.493 e. The van der Waals surface area contributed by atoms with Gasteiger partial charge in [0, 0.05) is 65.9 Å². The summed E-state index contributed by atoms with van der Waals surface area (Å²) in [5.74, 6) is 6.19. The molecule has 148 valence electrons. The number of hydrogen-bond donors (Lipinski definition) is 3. The van der Waals surface area contributed by atoms with Crippen LogP contribution in [-0.4, -0.2) is 35.5 Å². The van der Waals surface area contributed by atoms with E-state index in [0.717, 1.165) is 5.56 Å². The van der Waals surface area contributed by atoms with E-state index in [4.69, 9.17) is 10.6 Å². The Morgan fingerprint density at radius 3 is 3.10 bits per heavy atom. The van der Waals surface area contributed by atoms with E-state index in [1.54, 1.807) is 25.5 Å². The van der Waals surface area contributed by atoms with Crippen molar-refractivity contribution < 1.29 is 9.13 Å². The molecule has 4 rings (SSSR count). The van der Waals surface area contributed by atoms with Crippen molar-refractivity contribution in [1.29, 1.82) is 0 Å². The minimum Gasteiger partial charge on any atom is -0.493 e. The second-order valence-corrected chi connectivity index (χ2v) is 6.49. The third kappa shape index (κ3) is 3.42. The monoisotopic (exact) mass is 394 g/mol. The van der Waals surface area contributed by atoms with Crippen LogP contribution in [0.25, 0.3) is 10.8 Å². The van der Waals surface area contributed by atoms with E-state index in [-0.39, 0.29) is 17.9 Å². The molecule has 9 heteroatoms. The number of hydrazone groups is 1. The standard InChI is InChI=1S/C20H19FN6O2/c1-23-17(10-27-22)14-8-26-20(15-9-24-19(28)6-12(14)15)25-7-13-11-4-5-29-18(11)3-2-16(13)21/h2-3,6,8-10H,4-5,7,22H2,1H3,(H,24,28)(H,25,26)/b23-17?,27-10-. The fourth-order valence-corrected chi connectivity index (χ4v) is 3.50. The average molecular weight is 394 g/mol. The average Bonchev–Trinajstić information content (AvgIpc) is 3.20. The van der Waals surface area contributed by atoms with Crippen LogP contribution in [0, 0.1) is 5.82 Å². The molecule has 3 heterocycles. The van der Waals surface area contributed by atoms with E-state index in [2.05, 4.69) is 25.4 Å². The SMILES string of the molecule is CN=C(/C=N\N)c1cnc(NCc2c(F)ccc3c2CCO3)c2c[nH]c(=O)cc12. The number of H-pyrrole nitrogens is 1. The van der Waals surface area contributed by atoms with Crippen molar-refractivity contribution >= 4 is 28.5 Å². The first-order valence-electron chi connectivity index (χ1n) is 9.01. The molecule has 0 aliphatic carbocycles. The zero-order valence-corrected chi connectivity index (χ0v) is 15.7. The molecule has 0 fully saturated rings. The Balaban J connectivity index is 1.75. The molecule has 3 aromatic rings. The summed E-state index contributed by atoms with van der Waals surface area (Å²) < 4.78 is 19.9. The lowest BCUT2D eigenvalue weighted by atomic mass is 10.0. The molecule has 0 unspecified atom stereocenters. The number of pyridine rings is 2. The maximum atomic E-state index is 14.4. The molecular formula is C20H19FN6O2. The van der Waals surface area contributed by atoms with Crippen LogP contribution in [0.2, 0.25) is 0 Å². The first-order valence-corrected chi connectivity index (χ1v) is 9.01. The molecule has 0 spiro atoms. The highest BCUT2D eigenvalue weighted by Gasteiger charge is 2.20. The van der Waals surface area contributed by atoms with Crippen LogP contribution in [0.3, 0.4) is 0 Å². The lowest BCUT2D eigenvalue weighted by Gasteiger charge is -2.14. The summed E-state index contributed by atoms with van der Waals surface area (Å²) in [5.41, 5.74) is 2.26. The van der Waals surface area contributed by atoms with Gasteiger partial charge in [-0.1, -0.05) is 0 Å². The molecule has 1 aliphatic rings. The third-order valence-electron chi connectivity index (χ3n) is 4.88. The van der Waals surface area contributed by atoms with Crippen molar-refractivity contribution in [2.45, 2.75) is 13.0 Å². The number of rotatable bonds is 5. The predicted molar refractivity (Wildman–Crippen MR) is 110 cm³/mol. The molecule has 0 amide bonds. The van der Waals surface area contributed by atoms with Gasteiger partial charge in [0.25, 0.3) is 0 Å². The van der Waals surface area contributed by atoms with Crippen molar-refractivity contribution in [2.24, 2.45) is 15.9 Å². The van der Waals surface area contributed by atoms with Gasteiger partial charge in [-0.3, -0.25) is 9.79 Å². The van der Waals surface area contributed by atoms with Gasteiger partial charge >= 0.3 is 0 Å². The number of fused-ring (bicyclic) bond motifs is 2. The molecule has 0 saturated carbocycles. The third-order valence-corrected chi connectivity index (χ3v) is 4.88. The van der Waals surface area contributed by atoms with Crippen LogP contribution in [0.15, 0.2) is 45.5 Å². The summed E-state index contributed by atoms with van der Waals surface area (Å²) in [6.45, 7) is 0.780. The van der Waals surface area contributed by atoms with Gasteiger partial charge in [-0.25, -0.2) is 9.37 Å². The Hall–Kier alpha value is -3.75. The van der Waals surface area contributed by atoms with E-state index < -0.39 is 0 Å². The second kappa shape index (κ2) is 7.70. The number of halogens is 1. The maximum absolute atomic E-state index is 14.4. The van der Waals surface area contributed by atoms with Gasteiger partial charge in [-0.05, 0) is 12.1 Å². The van der Waals surface area contributed by atoms with E-state index >= 15 is 0 Å². The number of nitrogens with zero attached hydrogens (tertiary/aromatic N) is 3. The number of benzene rings is 1. The highest BCUT2D eigenvalue weighted by atomic mass is 19.1. The summed E-state index contributed by atoms with van der Waals surface area (Å²) in [6.07, 6.45) is 5.22. The Labute approximate surface area is 165 Å². The number of aromatic amines is 1. The summed E-state index contributed by atoms with van der Waals surface area (Å²) in [6, 6.07) is 4.52. The normalized spacial score (nSPS) is 13.7. The van der Waals surface area contributed by atoms with E-state index in [0.29, 0.717) is 52.2 Å². The minimum absolute atomic E-state index is 0.234. The van der Waals surface area contributed by atoms with Crippen LogP contribution in [0.1, 0.15) is 16.7 Å². The van der Waals surface area contributed by atoms with E-state index in [9.17, 15) is 9.18 Å². The van der Waals surface area contributed by atoms with Crippen LogP contribution in [0.5, 0.6) is 5.75 Å². The molecule has 0 radical (unpaired) electrons. The molecule has 4 N–H and O–H groups in total. The summed E-state index contributed by atoms with van der Waals surface area (Å²) >= 11 is 0. The Bertz CT molecular complexity index is 1200. The van der Waals surface area contributed by atoms with E-state index in [1.165, 1.54) is 18.3 Å². The van der Waals surface area contributed by atoms with Gasteiger partial charge in [0.2, 0.25) is 5.56 Å². The smallest absolute Gasteiger partial charge is 0.248 e. The topological polar surface area (TPSA) is 118 Å². The fourth-order valence-electron chi connectivity index (χ4n) is 3.50. The Morgan fingerprint density at radius 1 is 1.45 bits per heavy atom. The number of anilines is 1. The number of aromatic nitrogens is 2. The second-order valence-electron chi connectivity index (χ2n) is 6.49.